The summed E-state index contributed by atoms with van der Waals surface area (Å²) in [6.07, 6.45) is -6.04. The van der Waals surface area contributed by atoms with Gasteiger partial charge in [0.05, 0.1) is 0 Å². The summed E-state index contributed by atoms with van der Waals surface area (Å²) in [5.74, 6) is 0.369. The second-order valence-corrected chi connectivity index (χ2v) is 5.72. The Bertz CT molecular complexity index is 777. The topological polar surface area (TPSA) is 56.8 Å². The van der Waals surface area contributed by atoms with Gasteiger partial charge in [-0.1, -0.05) is 24.3 Å². The normalized spacial score (nSPS) is 18.9. The quantitative estimate of drug-likeness (QED) is 0.900. The highest BCUT2D eigenvalue weighted by Crippen LogP contribution is 2.33. The smallest absolute Gasteiger partial charge is 0.482 e. The van der Waals surface area contributed by atoms with E-state index in [1.807, 2.05) is 6.07 Å². The highest BCUT2D eigenvalue weighted by molar-refractivity contribution is 5.82. The van der Waals surface area contributed by atoms with Crippen LogP contribution in [0.4, 0.5) is 13.2 Å². The van der Waals surface area contributed by atoms with Gasteiger partial charge in [-0.2, -0.15) is 0 Å². The average molecular weight is 367 g/mol. The Morgan fingerprint density at radius 3 is 2.31 bits per heavy atom. The largest absolute Gasteiger partial charge is 0.573 e. The zero-order chi connectivity index (χ0) is 18.7. The molecule has 5 nitrogen and oxygen atoms in total. The number of hydrogen-bond donors (Lipinski definition) is 1. The summed E-state index contributed by atoms with van der Waals surface area (Å²) in [6, 6.07) is 12.3. The van der Waals surface area contributed by atoms with E-state index < -0.39 is 18.6 Å². The fourth-order valence-corrected chi connectivity index (χ4v) is 2.51. The molecule has 8 heteroatoms. The van der Waals surface area contributed by atoms with Crippen molar-refractivity contribution in [2.75, 3.05) is 0 Å². The van der Waals surface area contributed by atoms with Crippen LogP contribution >= 0.6 is 0 Å². The van der Waals surface area contributed by atoms with Crippen LogP contribution in [0, 0.1) is 0 Å². The molecule has 0 spiro atoms. The van der Waals surface area contributed by atoms with Crippen molar-refractivity contribution in [1.82, 2.24) is 5.32 Å². The third-order valence-electron chi connectivity index (χ3n) is 3.72. The van der Waals surface area contributed by atoms with E-state index in [2.05, 4.69) is 10.1 Å². The summed E-state index contributed by atoms with van der Waals surface area (Å²) in [4.78, 5) is 12.4. The number of carbonyl (C=O) groups excluding carboxylic acids is 1. The number of alkyl halides is 3. The maximum Gasteiger partial charge on any atom is 0.573 e. The van der Waals surface area contributed by atoms with E-state index in [-0.39, 0.29) is 18.2 Å². The summed E-state index contributed by atoms with van der Waals surface area (Å²) < 4.78 is 51.6. The molecular weight excluding hydrogens is 351 g/mol. The van der Waals surface area contributed by atoms with Gasteiger partial charge in [-0.15, -0.1) is 13.2 Å². The molecule has 0 aliphatic carbocycles. The van der Waals surface area contributed by atoms with Crippen LogP contribution in [-0.2, 0) is 11.3 Å². The number of hydrogen-bond acceptors (Lipinski definition) is 4. The summed E-state index contributed by atoms with van der Waals surface area (Å²) in [7, 11) is 0. The van der Waals surface area contributed by atoms with Gasteiger partial charge >= 0.3 is 6.36 Å². The molecule has 26 heavy (non-hydrogen) atoms. The Morgan fingerprint density at radius 1 is 1.08 bits per heavy atom. The van der Waals surface area contributed by atoms with Crippen molar-refractivity contribution in [3.05, 3.63) is 54.1 Å². The second kappa shape index (κ2) is 7.15. The molecule has 0 bridgehead atoms. The molecule has 1 N–H and O–H groups in total. The highest BCUT2D eigenvalue weighted by Gasteiger charge is 2.34. The number of para-hydroxylation sites is 2. The molecule has 1 amide bonds. The molecule has 2 atom stereocenters. The zero-order valence-corrected chi connectivity index (χ0v) is 13.7. The lowest BCUT2D eigenvalue weighted by molar-refractivity contribution is -0.274. The minimum absolute atomic E-state index is 0.138. The first-order valence-corrected chi connectivity index (χ1v) is 7.86. The summed E-state index contributed by atoms with van der Waals surface area (Å²) in [6.45, 7) is 1.86. The van der Waals surface area contributed by atoms with E-state index >= 15 is 0 Å². The van der Waals surface area contributed by atoms with Crippen molar-refractivity contribution in [3.8, 4) is 17.2 Å². The number of nitrogens with one attached hydrogen (secondary N) is 1. The standard InChI is InChI=1S/C18H16F3NO4/c1-11-16(25-15-5-3-2-4-14(15)24-11)17(23)22-10-12-6-8-13(9-7-12)26-18(19,20)21/h2-9,11,16H,10H2,1H3,(H,22,23). The first-order chi connectivity index (χ1) is 12.3. The van der Waals surface area contributed by atoms with E-state index in [0.717, 1.165) is 0 Å². The number of carbonyl (C=O) groups is 1. The van der Waals surface area contributed by atoms with Gasteiger partial charge in [0.15, 0.2) is 11.5 Å². The predicted octanol–water partition coefficient (Wildman–Crippen LogP) is 3.43. The van der Waals surface area contributed by atoms with Crippen LogP contribution in [-0.4, -0.2) is 24.5 Å². The lowest BCUT2D eigenvalue weighted by Crippen LogP contribution is -2.48. The van der Waals surface area contributed by atoms with Crippen LogP contribution < -0.4 is 19.5 Å². The number of amides is 1. The number of rotatable bonds is 4. The van der Waals surface area contributed by atoms with Crippen molar-refractivity contribution in [1.29, 1.82) is 0 Å². The fourth-order valence-electron chi connectivity index (χ4n) is 2.51. The van der Waals surface area contributed by atoms with E-state index in [9.17, 15) is 18.0 Å². The van der Waals surface area contributed by atoms with Crippen molar-refractivity contribution in [2.24, 2.45) is 0 Å². The summed E-state index contributed by atoms with van der Waals surface area (Å²) in [5, 5.41) is 2.69. The second-order valence-electron chi connectivity index (χ2n) is 5.72. The van der Waals surface area contributed by atoms with Gasteiger partial charge in [0.25, 0.3) is 5.91 Å². The van der Waals surface area contributed by atoms with Crippen LogP contribution in [0.1, 0.15) is 12.5 Å². The van der Waals surface area contributed by atoms with Gasteiger partial charge < -0.3 is 19.5 Å². The van der Waals surface area contributed by atoms with E-state index in [0.29, 0.717) is 17.1 Å². The SMILES string of the molecule is CC1Oc2ccccc2OC1C(=O)NCc1ccc(OC(F)(F)F)cc1. The number of halogens is 3. The molecule has 1 aliphatic heterocycles. The molecule has 0 aromatic heterocycles. The third-order valence-corrected chi connectivity index (χ3v) is 3.72. The summed E-state index contributed by atoms with van der Waals surface area (Å²) in [5.41, 5.74) is 0.623. The molecule has 0 saturated heterocycles. The Balaban J connectivity index is 1.57. The molecule has 1 heterocycles. The predicted molar refractivity (Wildman–Crippen MR) is 85.9 cm³/mol. The Labute approximate surface area is 147 Å². The lowest BCUT2D eigenvalue weighted by Gasteiger charge is -2.31. The molecule has 0 saturated carbocycles. The first kappa shape index (κ1) is 17.9. The minimum atomic E-state index is -4.74. The molecule has 1 aliphatic rings. The maximum atomic E-state index is 12.4. The zero-order valence-electron chi connectivity index (χ0n) is 13.7. The van der Waals surface area contributed by atoms with Crippen molar-refractivity contribution in [3.63, 3.8) is 0 Å². The van der Waals surface area contributed by atoms with Crippen LogP contribution in [0.2, 0.25) is 0 Å². The van der Waals surface area contributed by atoms with Gasteiger partial charge in [0.2, 0.25) is 6.10 Å². The van der Waals surface area contributed by atoms with Gasteiger partial charge in [0, 0.05) is 6.54 Å². The van der Waals surface area contributed by atoms with Crippen LogP contribution in [0.5, 0.6) is 17.2 Å². The van der Waals surface area contributed by atoms with Crippen LogP contribution in [0.3, 0.4) is 0 Å². The van der Waals surface area contributed by atoms with Gasteiger partial charge in [-0.25, -0.2) is 0 Å². The molecular formula is C18H16F3NO4. The molecule has 2 aromatic rings. The highest BCUT2D eigenvalue weighted by atomic mass is 19.4. The van der Waals surface area contributed by atoms with E-state index in [1.54, 1.807) is 25.1 Å². The Morgan fingerprint density at radius 2 is 1.69 bits per heavy atom. The molecule has 2 aromatic carbocycles. The van der Waals surface area contributed by atoms with E-state index in [4.69, 9.17) is 9.47 Å². The van der Waals surface area contributed by atoms with Crippen molar-refractivity contribution >= 4 is 5.91 Å². The average Bonchev–Trinajstić information content (AvgIpc) is 2.59. The lowest BCUT2D eigenvalue weighted by atomic mass is 10.1. The fraction of sp³-hybridized carbons (Fsp3) is 0.278. The summed E-state index contributed by atoms with van der Waals surface area (Å²) >= 11 is 0. The molecule has 2 unspecified atom stereocenters. The van der Waals surface area contributed by atoms with Crippen molar-refractivity contribution < 1.29 is 32.2 Å². The van der Waals surface area contributed by atoms with E-state index in [1.165, 1.54) is 24.3 Å². The maximum absolute atomic E-state index is 12.4. The molecule has 0 fully saturated rings. The van der Waals surface area contributed by atoms with Crippen LogP contribution in [0.25, 0.3) is 0 Å². The minimum Gasteiger partial charge on any atom is -0.482 e. The third kappa shape index (κ3) is 4.38. The Kier molecular flexibility index (Phi) is 4.92. The Hall–Kier alpha value is -2.90. The monoisotopic (exact) mass is 367 g/mol. The number of ether oxygens (including phenoxy) is 3. The van der Waals surface area contributed by atoms with Crippen LogP contribution in [0.15, 0.2) is 48.5 Å². The van der Waals surface area contributed by atoms with Crippen molar-refractivity contribution in [2.45, 2.75) is 32.0 Å². The first-order valence-electron chi connectivity index (χ1n) is 7.86. The molecule has 138 valence electrons. The number of fused-ring (bicyclic) bond motifs is 1. The van der Waals surface area contributed by atoms with Gasteiger partial charge in [0.1, 0.15) is 11.9 Å². The molecule has 0 radical (unpaired) electrons. The number of benzene rings is 2. The molecule has 3 rings (SSSR count). The van der Waals surface area contributed by atoms with Gasteiger partial charge in [-0.05, 0) is 36.8 Å². The van der Waals surface area contributed by atoms with Gasteiger partial charge in [-0.3, -0.25) is 4.79 Å².